The van der Waals surface area contributed by atoms with Crippen LogP contribution in [0.4, 0.5) is 17.3 Å². The van der Waals surface area contributed by atoms with Crippen LogP contribution < -0.4 is 16.4 Å². The molecule has 4 heterocycles. The smallest absolute Gasteiger partial charge is 0.294 e. The number of pyridine rings is 1. The standard InChI is InChI=1S/C27H21N7OS/c28-25-24-21(11-14-36-24)31-26(33-25)27(35)32-23-15-17-5-1-2-6-20(17)22(30-23)16-29-18-7-9-19(10-8-18)34-12-3-4-13-34/h1-15,29H,16H2,(H2,28,31,33)(H,30,32,35). The number of nitrogen functional groups attached to an aromatic ring is 1. The van der Waals surface area contributed by atoms with Crippen LogP contribution in [0.25, 0.3) is 26.7 Å². The number of nitrogens with one attached hydrogen (secondary N) is 2. The Hall–Kier alpha value is -4.76. The molecule has 0 aliphatic rings. The van der Waals surface area contributed by atoms with Crippen LogP contribution in [-0.4, -0.2) is 25.4 Å². The number of aromatic nitrogens is 4. The lowest BCUT2D eigenvalue weighted by Gasteiger charge is -2.12. The molecule has 8 nitrogen and oxygen atoms in total. The topological polar surface area (TPSA) is 111 Å². The van der Waals surface area contributed by atoms with Gasteiger partial charge in [-0.15, -0.1) is 11.3 Å². The van der Waals surface area contributed by atoms with Crippen molar-refractivity contribution >= 4 is 55.6 Å². The number of rotatable bonds is 6. The van der Waals surface area contributed by atoms with E-state index >= 15 is 0 Å². The SMILES string of the molecule is Nc1nc(C(=O)Nc2cc3ccccc3c(CNc3ccc(-n4cccc4)cc3)n2)nc2ccsc12. The molecular weight excluding hydrogens is 470 g/mol. The Morgan fingerprint density at radius 2 is 1.75 bits per heavy atom. The normalized spacial score (nSPS) is 11.1. The summed E-state index contributed by atoms with van der Waals surface area (Å²) in [6, 6.07) is 23.8. The van der Waals surface area contributed by atoms with E-state index in [2.05, 4.69) is 37.3 Å². The lowest BCUT2D eigenvalue weighted by Crippen LogP contribution is -2.18. The first kappa shape index (κ1) is 21.8. The maximum absolute atomic E-state index is 12.9. The van der Waals surface area contributed by atoms with E-state index in [1.165, 1.54) is 11.3 Å². The summed E-state index contributed by atoms with van der Waals surface area (Å²) in [5, 5.41) is 10.1. The van der Waals surface area contributed by atoms with Crippen molar-refractivity contribution in [2.45, 2.75) is 6.54 Å². The minimum atomic E-state index is -0.461. The first-order valence-corrected chi connectivity index (χ1v) is 12.2. The van der Waals surface area contributed by atoms with Crippen molar-refractivity contribution in [3.63, 3.8) is 0 Å². The molecule has 36 heavy (non-hydrogen) atoms. The van der Waals surface area contributed by atoms with Crippen LogP contribution in [-0.2, 0) is 6.54 Å². The first-order valence-electron chi connectivity index (χ1n) is 11.3. The number of nitrogens with zero attached hydrogens (tertiary/aromatic N) is 4. The van der Waals surface area contributed by atoms with Crippen LogP contribution in [0, 0.1) is 0 Å². The number of hydrogen-bond acceptors (Lipinski definition) is 7. The van der Waals surface area contributed by atoms with Gasteiger partial charge in [-0.3, -0.25) is 4.79 Å². The lowest BCUT2D eigenvalue weighted by molar-refractivity contribution is 0.101. The summed E-state index contributed by atoms with van der Waals surface area (Å²) in [5.41, 5.74) is 9.54. The molecule has 0 aliphatic carbocycles. The van der Waals surface area contributed by atoms with Gasteiger partial charge in [0.15, 0.2) is 0 Å². The van der Waals surface area contributed by atoms with Crippen LogP contribution in [0.1, 0.15) is 16.3 Å². The maximum Gasteiger partial charge on any atom is 0.294 e. The molecule has 0 saturated heterocycles. The highest BCUT2D eigenvalue weighted by molar-refractivity contribution is 7.17. The minimum Gasteiger partial charge on any atom is -0.382 e. The van der Waals surface area contributed by atoms with E-state index in [0.29, 0.717) is 23.7 Å². The zero-order chi connectivity index (χ0) is 24.5. The fourth-order valence-electron chi connectivity index (χ4n) is 4.07. The Balaban J connectivity index is 1.25. The highest BCUT2D eigenvalue weighted by atomic mass is 32.1. The van der Waals surface area contributed by atoms with E-state index in [-0.39, 0.29) is 5.82 Å². The average Bonchev–Trinajstić information content (AvgIpc) is 3.60. The molecule has 2 aromatic carbocycles. The molecular formula is C27H21N7OS. The summed E-state index contributed by atoms with van der Waals surface area (Å²) in [6.07, 6.45) is 4.02. The van der Waals surface area contributed by atoms with Crippen LogP contribution in [0.5, 0.6) is 0 Å². The minimum absolute atomic E-state index is 0.0100. The number of benzene rings is 2. The summed E-state index contributed by atoms with van der Waals surface area (Å²) >= 11 is 1.44. The van der Waals surface area contributed by atoms with Crippen LogP contribution in [0.3, 0.4) is 0 Å². The Bertz CT molecular complexity index is 1690. The third-order valence-electron chi connectivity index (χ3n) is 5.82. The second-order valence-corrected chi connectivity index (χ2v) is 9.10. The zero-order valence-corrected chi connectivity index (χ0v) is 19.9. The van der Waals surface area contributed by atoms with Gasteiger partial charge in [-0.25, -0.2) is 15.0 Å². The number of carbonyl (C=O) groups is 1. The number of nitrogens with two attached hydrogens (primary N) is 1. The molecule has 0 bridgehead atoms. The van der Waals surface area contributed by atoms with E-state index in [0.717, 1.165) is 32.5 Å². The van der Waals surface area contributed by atoms with Gasteiger partial charge in [0.05, 0.1) is 22.5 Å². The summed E-state index contributed by atoms with van der Waals surface area (Å²) in [6.45, 7) is 0.484. The number of thiophene rings is 1. The summed E-state index contributed by atoms with van der Waals surface area (Å²) in [7, 11) is 0. The Labute approximate surface area is 210 Å². The lowest BCUT2D eigenvalue weighted by atomic mass is 10.1. The van der Waals surface area contributed by atoms with Gasteiger partial charge in [0.2, 0.25) is 5.82 Å². The van der Waals surface area contributed by atoms with E-state index < -0.39 is 5.91 Å². The maximum atomic E-state index is 12.9. The molecule has 1 amide bonds. The quantitative estimate of drug-likeness (QED) is 0.285. The fraction of sp³-hybridized carbons (Fsp3) is 0.0370. The summed E-state index contributed by atoms with van der Waals surface area (Å²) in [5.74, 6) is 0.262. The summed E-state index contributed by atoms with van der Waals surface area (Å²) < 4.78 is 2.82. The third kappa shape index (κ3) is 4.23. The highest BCUT2D eigenvalue weighted by Gasteiger charge is 2.15. The molecule has 176 valence electrons. The van der Waals surface area contributed by atoms with Gasteiger partial charge in [-0.05, 0) is 59.3 Å². The number of anilines is 3. The second-order valence-electron chi connectivity index (χ2n) is 8.19. The summed E-state index contributed by atoms with van der Waals surface area (Å²) in [4.78, 5) is 26.2. The fourth-order valence-corrected chi connectivity index (χ4v) is 4.81. The first-order chi connectivity index (χ1) is 17.6. The number of hydrogen-bond donors (Lipinski definition) is 3. The molecule has 9 heteroatoms. The van der Waals surface area contributed by atoms with Gasteiger partial charge in [-0.2, -0.15) is 0 Å². The molecule has 0 spiro atoms. The van der Waals surface area contributed by atoms with E-state index in [1.54, 1.807) is 0 Å². The van der Waals surface area contributed by atoms with Crippen molar-refractivity contribution in [1.29, 1.82) is 0 Å². The van der Waals surface area contributed by atoms with Gasteiger partial charge in [0, 0.05) is 29.2 Å². The predicted molar refractivity (Wildman–Crippen MR) is 145 cm³/mol. The molecule has 4 aromatic heterocycles. The molecule has 0 fully saturated rings. The van der Waals surface area contributed by atoms with Crippen LogP contribution in [0.15, 0.2) is 90.6 Å². The molecule has 0 unspecified atom stereocenters. The van der Waals surface area contributed by atoms with Gasteiger partial charge in [-0.1, -0.05) is 24.3 Å². The van der Waals surface area contributed by atoms with Crippen molar-refractivity contribution in [2.75, 3.05) is 16.4 Å². The molecule has 6 rings (SSSR count). The second kappa shape index (κ2) is 9.12. The zero-order valence-electron chi connectivity index (χ0n) is 19.1. The Morgan fingerprint density at radius 3 is 2.58 bits per heavy atom. The van der Waals surface area contributed by atoms with E-state index in [9.17, 15) is 4.79 Å². The van der Waals surface area contributed by atoms with Crippen molar-refractivity contribution in [1.82, 2.24) is 19.5 Å². The van der Waals surface area contributed by atoms with Crippen molar-refractivity contribution in [3.05, 3.63) is 102 Å². The Kier molecular flexibility index (Phi) is 5.51. The molecule has 0 atom stereocenters. The monoisotopic (exact) mass is 491 g/mol. The molecule has 4 N–H and O–H groups in total. The van der Waals surface area contributed by atoms with Crippen LogP contribution in [0.2, 0.25) is 0 Å². The molecule has 6 aromatic rings. The largest absolute Gasteiger partial charge is 0.382 e. The number of fused-ring (bicyclic) bond motifs is 2. The van der Waals surface area contributed by atoms with Crippen molar-refractivity contribution < 1.29 is 4.79 Å². The number of carbonyl (C=O) groups excluding carboxylic acids is 1. The van der Waals surface area contributed by atoms with Crippen LogP contribution >= 0.6 is 11.3 Å². The van der Waals surface area contributed by atoms with E-state index in [4.69, 9.17) is 10.7 Å². The molecule has 0 aliphatic heterocycles. The van der Waals surface area contributed by atoms with Gasteiger partial charge in [0.25, 0.3) is 5.91 Å². The highest BCUT2D eigenvalue weighted by Crippen LogP contribution is 2.25. The molecule has 0 radical (unpaired) electrons. The predicted octanol–water partition coefficient (Wildman–Crippen LogP) is 5.48. The van der Waals surface area contributed by atoms with E-state index in [1.807, 2.05) is 78.4 Å². The average molecular weight is 492 g/mol. The van der Waals surface area contributed by atoms with Crippen molar-refractivity contribution in [2.24, 2.45) is 0 Å². The molecule has 0 saturated carbocycles. The Morgan fingerprint density at radius 1 is 0.944 bits per heavy atom. The van der Waals surface area contributed by atoms with Gasteiger partial charge >= 0.3 is 0 Å². The van der Waals surface area contributed by atoms with Gasteiger partial charge < -0.3 is 20.9 Å². The van der Waals surface area contributed by atoms with Gasteiger partial charge in [0.1, 0.15) is 11.6 Å². The third-order valence-corrected chi connectivity index (χ3v) is 6.75. The number of amides is 1. The van der Waals surface area contributed by atoms with Crippen molar-refractivity contribution in [3.8, 4) is 5.69 Å².